The highest BCUT2D eigenvalue weighted by Gasteiger charge is 2.44. The fourth-order valence-corrected chi connectivity index (χ4v) is 2.20. The highest BCUT2D eigenvalue weighted by Crippen LogP contribution is 2.37. The predicted molar refractivity (Wildman–Crippen MR) is 60.4 cm³/mol. The van der Waals surface area contributed by atoms with Gasteiger partial charge in [-0.15, -0.1) is 0 Å². The number of likely N-dealkylation sites (tertiary alicyclic amines) is 1. The fraction of sp³-hybridized carbons (Fsp3) is 0.750. The van der Waals surface area contributed by atoms with Crippen LogP contribution in [0, 0.1) is 0 Å². The number of carbonyl (C=O) groups is 1. The Bertz CT molecular complexity index is 273. The lowest BCUT2D eigenvalue weighted by molar-refractivity contribution is -0.196. The largest absolute Gasteiger partial charge is 0.441 e. The first kappa shape index (κ1) is 12.2. The lowest BCUT2D eigenvalue weighted by Crippen LogP contribution is -2.59. The van der Waals surface area contributed by atoms with Crippen molar-refractivity contribution in [2.45, 2.75) is 51.3 Å². The van der Waals surface area contributed by atoms with Crippen molar-refractivity contribution in [2.24, 2.45) is 0 Å². The van der Waals surface area contributed by atoms with Gasteiger partial charge in [0, 0.05) is 18.0 Å². The van der Waals surface area contributed by atoms with E-state index >= 15 is 0 Å². The Morgan fingerprint density at radius 1 is 1.40 bits per heavy atom. The first-order valence-electron chi connectivity index (χ1n) is 5.41. The second kappa shape index (κ2) is 3.97. The van der Waals surface area contributed by atoms with E-state index in [1.165, 1.54) is 6.08 Å². The molecule has 0 N–H and O–H groups in total. The molecule has 1 heterocycles. The van der Waals surface area contributed by atoms with Crippen LogP contribution in [0.4, 0.5) is 0 Å². The van der Waals surface area contributed by atoms with Gasteiger partial charge in [-0.25, -0.2) is 4.79 Å². The summed E-state index contributed by atoms with van der Waals surface area (Å²) in [5, 5.41) is 0. The van der Waals surface area contributed by atoms with Gasteiger partial charge in [-0.05, 0) is 40.7 Å². The predicted octanol–water partition coefficient (Wildman–Crippen LogP) is 2.33. The van der Waals surface area contributed by atoms with Gasteiger partial charge >= 0.3 is 5.97 Å². The zero-order valence-corrected chi connectivity index (χ0v) is 10.2. The Balaban J connectivity index is 2.82. The van der Waals surface area contributed by atoms with Gasteiger partial charge in [-0.1, -0.05) is 6.58 Å². The van der Waals surface area contributed by atoms with E-state index < -0.39 is 5.72 Å². The summed E-state index contributed by atoms with van der Waals surface area (Å²) < 4.78 is 5.44. The van der Waals surface area contributed by atoms with Crippen molar-refractivity contribution in [3.8, 4) is 0 Å². The number of esters is 1. The molecular weight excluding hydrogens is 190 g/mol. The average molecular weight is 211 g/mol. The standard InChI is InChI=1S/C12H21NO2/c1-6-10(14)15-12(4)9-7-8-11(2,3)13(12)5/h6H,1,7-9H2,2-5H3. The van der Waals surface area contributed by atoms with Crippen molar-refractivity contribution in [2.75, 3.05) is 7.05 Å². The van der Waals surface area contributed by atoms with Crippen LogP contribution in [0.3, 0.4) is 0 Å². The smallest absolute Gasteiger partial charge is 0.331 e. The molecule has 1 aliphatic heterocycles. The first-order chi connectivity index (χ1) is 6.82. The lowest BCUT2D eigenvalue weighted by atomic mass is 9.85. The van der Waals surface area contributed by atoms with E-state index in [1.807, 2.05) is 14.0 Å². The maximum Gasteiger partial charge on any atom is 0.331 e. The van der Waals surface area contributed by atoms with Crippen LogP contribution in [-0.2, 0) is 9.53 Å². The van der Waals surface area contributed by atoms with Gasteiger partial charge < -0.3 is 4.74 Å². The molecule has 1 aliphatic rings. The zero-order valence-electron chi connectivity index (χ0n) is 10.2. The Kier molecular flexibility index (Phi) is 3.24. The Labute approximate surface area is 92.1 Å². The van der Waals surface area contributed by atoms with E-state index in [9.17, 15) is 4.79 Å². The van der Waals surface area contributed by atoms with Crippen LogP contribution >= 0.6 is 0 Å². The monoisotopic (exact) mass is 211 g/mol. The van der Waals surface area contributed by atoms with Gasteiger partial charge in [-0.3, -0.25) is 4.90 Å². The van der Waals surface area contributed by atoms with Crippen molar-refractivity contribution in [3.05, 3.63) is 12.7 Å². The molecule has 1 fully saturated rings. The molecule has 0 bridgehead atoms. The van der Waals surface area contributed by atoms with E-state index in [-0.39, 0.29) is 11.5 Å². The molecule has 3 nitrogen and oxygen atoms in total. The third-order valence-corrected chi connectivity index (χ3v) is 3.53. The summed E-state index contributed by atoms with van der Waals surface area (Å²) in [7, 11) is 2.01. The fourth-order valence-electron chi connectivity index (χ4n) is 2.20. The SMILES string of the molecule is C=CC(=O)OC1(C)CCCC(C)(C)N1C. The molecule has 3 heteroatoms. The Morgan fingerprint density at radius 3 is 2.53 bits per heavy atom. The van der Waals surface area contributed by atoms with Gasteiger partial charge in [-0.2, -0.15) is 0 Å². The van der Waals surface area contributed by atoms with Crippen LogP contribution in [-0.4, -0.2) is 29.2 Å². The third kappa shape index (κ3) is 2.40. The van der Waals surface area contributed by atoms with Crippen LogP contribution in [0.25, 0.3) is 0 Å². The third-order valence-electron chi connectivity index (χ3n) is 3.53. The number of ether oxygens (including phenoxy) is 1. The quantitative estimate of drug-likeness (QED) is 0.518. The number of rotatable bonds is 2. The maximum absolute atomic E-state index is 11.3. The van der Waals surface area contributed by atoms with E-state index in [0.29, 0.717) is 0 Å². The number of piperidine rings is 1. The van der Waals surface area contributed by atoms with Crippen molar-refractivity contribution < 1.29 is 9.53 Å². The number of nitrogens with zero attached hydrogens (tertiary/aromatic N) is 1. The second-order valence-electron chi connectivity index (χ2n) is 5.03. The van der Waals surface area contributed by atoms with Crippen molar-refractivity contribution >= 4 is 5.97 Å². The molecule has 1 saturated heterocycles. The summed E-state index contributed by atoms with van der Waals surface area (Å²) in [6.45, 7) is 9.74. The van der Waals surface area contributed by atoms with Crippen molar-refractivity contribution in [1.29, 1.82) is 0 Å². The lowest BCUT2D eigenvalue weighted by Gasteiger charge is -2.51. The Hall–Kier alpha value is -0.830. The number of hydrogen-bond acceptors (Lipinski definition) is 3. The van der Waals surface area contributed by atoms with Crippen molar-refractivity contribution in [3.63, 3.8) is 0 Å². The van der Waals surface area contributed by atoms with Gasteiger partial charge in [0.15, 0.2) is 5.72 Å². The number of carbonyl (C=O) groups excluding carboxylic acids is 1. The van der Waals surface area contributed by atoms with E-state index in [2.05, 4.69) is 25.3 Å². The molecule has 1 unspecified atom stereocenters. The highest BCUT2D eigenvalue weighted by molar-refractivity contribution is 5.81. The molecule has 0 aliphatic carbocycles. The summed E-state index contributed by atoms with van der Waals surface area (Å²) in [6.07, 6.45) is 4.32. The van der Waals surface area contributed by atoms with Crippen LogP contribution < -0.4 is 0 Å². The van der Waals surface area contributed by atoms with E-state index in [1.54, 1.807) is 0 Å². The average Bonchev–Trinajstić information content (AvgIpc) is 2.14. The van der Waals surface area contributed by atoms with Gasteiger partial charge in [0.2, 0.25) is 0 Å². The molecule has 15 heavy (non-hydrogen) atoms. The van der Waals surface area contributed by atoms with Gasteiger partial charge in [0.25, 0.3) is 0 Å². The van der Waals surface area contributed by atoms with Gasteiger partial charge in [0.05, 0.1) is 0 Å². The molecule has 0 aromatic carbocycles. The molecule has 0 aromatic heterocycles. The molecule has 0 saturated carbocycles. The first-order valence-corrected chi connectivity index (χ1v) is 5.41. The Morgan fingerprint density at radius 2 is 2.00 bits per heavy atom. The summed E-state index contributed by atoms with van der Waals surface area (Å²) in [5.74, 6) is -0.345. The maximum atomic E-state index is 11.3. The van der Waals surface area contributed by atoms with Crippen LogP contribution in [0.15, 0.2) is 12.7 Å². The molecule has 0 radical (unpaired) electrons. The van der Waals surface area contributed by atoms with E-state index in [4.69, 9.17) is 4.74 Å². The minimum atomic E-state index is -0.493. The van der Waals surface area contributed by atoms with Gasteiger partial charge in [0.1, 0.15) is 0 Å². The summed E-state index contributed by atoms with van der Waals surface area (Å²) in [4.78, 5) is 13.4. The summed E-state index contributed by atoms with van der Waals surface area (Å²) >= 11 is 0. The number of hydrogen-bond donors (Lipinski definition) is 0. The van der Waals surface area contributed by atoms with Crippen LogP contribution in [0.5, 0.6) is 0 Å². The molecule has 0 amide bonds. The highest BCUT2D eigenvalue weighted by atomic mass is 16.6. The summed E-state index contributed by atoms with van der Waals surface area (Å²) in [5.41, 5.74) is -0.415. The minimum absolute atomic E-state index is 0.0778. The minimum Gasteiger partial charge on any atom is -0.441 e. The topological polar surface area (TPSA) is 29.5 Å². The molecule has 0 aromatic rings. The normalized spacial score (nSPS) is 30.9. The van der Waals surface area contributed by atoms with E-state index in [0.717, 1.165) is 19.3 Å². The summed E-state index contributed by atoms with van der Waals surface area (Å²) in [6, 6.07) is 0. The van der Waals surface area contributed by atoms with Crippen LogP contribution in [0.2, 0.25) is 0 Å². The van der Waals surface area contributed by atoms with Crippen LogP contribution in [0.1, 0.15) is 40.0 Å². The molecule has 86 valence electrons. The molecule has 1 atom stereocenters. The van der Waals surface area contributed by atoms with Crippen molar-refractivity contribution in [1.82, 2.24) is 4.90 Å². The second-order valence-corrected chi connectivity index (χ2v) is 5.03. The molecule has 0 spiro atoms. The molecule has 1 rings (SSSR count). The molecular formula is C12H21NO2. The zero-order chi connectivity index (χ0) is 11.7.